The fourth-order valence-corrected chi connectivity index (χ4v) is 1.44. The molecule has 0 aliphatic rings. The monoisotopic (exact) mass is 267 g/mol. The van der Waals surface area contributed by atoms with Crippen LogP contribution in [-0.4, -0.2) is 53.8 Å². The van der Waals surface area contributed by atoms with Crippen molar-refractivity contribution in [2.75, 3.05) is 27.2 Å². The van der Waals surface area contributed by atoms with Crippen molar-refractivity contribution < 1.29 is 9.59 Å². The summed E-state index contributed by atoms with van der Waals surface area (Å²) in [4.78, 5) is 24.2. The van der Waals surface area contributed by atoms with E-state index in [0.717, 1.165) is 13.0 Å². The van der Waals surface area contributed by atoms with Gasteiger partial charge >= 0.3 is 6.03 Å². The molecule has 1 rings (SSSR count). The van der Waals surface area contributed by atoms with Gasteiger partial charge in [0.2, 0.25) is 5.91 Å². The molecule has 1 aromatic rings. The van der Waals surface area contributed by atoms with E-state index < -0.39 is 0 Å². The average molecular weight is 267 g/mol. The maximum Gasteiger partial charge on any atom is 0.314 e. The van der Waals surface area contributed by atoms with E-state index in [1.165, 1.54) is 4.90 Å². The average Bonchev–Trinajstić information content (AvgIpc) is 2.87. The van der Waals surface area contributed by atoms with Gasteiger partial charge in [-0.2, -0.15) is 5.10 Å². The van der Waals surface area contributed by atoms with Crippen LogP contribution in [0, 0.1) is 0 Å². The predicted molar refractivity (Wildman–Crippen MR) is 71.6 cm³/mol. The molecule has 0 spiro atoms. The second-order valence-electron chi connectivity index (χ2n) is 4.34. The summed E-state index contributed by atoms with van der Waals surface area (Å²) in [5, 5.41) is 9.44. The minimum Gasteiger partial charge on any atom is -0.349 e. The summed E-state index contributed by atoms with van der Waals surface area (Å²) in [5.41, 5.74) is 0. The number of aromatic nitrogens is 2. The lowest BCUT2D eigenvalue weighted by Crippen LogP contribution is -2.38. The fraction of sp³-hybridized carbons (Fsp3) is 0.583. The van der Waals surface area contributed by atoms with Crippen LogP contribution >= 0.6 is 0 Å². The summed E-state index contributed by atoms with van der Waals surface area (Å²) in [6, 6.07) is 1.62. The molecule has 7 nitrogen and oxygen atoms in total. The van der Waals surface area contributed by atoms with Gasteiger partial charge in [0.1, 0.15) is 0 Å². The van der Waals surface area contributed by atoms with Gasteiger partial charge < -0.3 is 15.5 Å². The molecule has 0 unspecified atom stereocenters. The van der Waals surface area contributed by atoms with Crippen molar-refractivity contribution in [3.63, 3.8) is 0 Å². The van der Waals surface area contributed by atoms with Crippen LogP contribution in [-0.2, 0) is 11.3 Å². The molecule has 106 valence electrons. The molecular formula is C12H21N5O2. The smallest absolute Gasteiger partial charge is 0.314 e. The maximum atomic E-state index is 11.4. The van der Waals surface area contributed by atoms with Crippen LogP contribution in [0.15, 0.2) is 18.5 Å². The first-order valence-corrected chi connectivity index (χ1v) is 6.29. The van der Waals surface area contributed by atoms with Gasteiger partial charge in [0, 0.05) is 52.5 Å². The van der Waals surface area contributed by atoms with Crippen LogP contribution in [0.1, 0.15) is 12.8 Å². The molecule has 0 aromatic carbocycles. The summed E-state index contributed by atoms with van der Waals surface area (Å²) in [5.74, 6) is -0.000942. The predicted octanol–water partition coefficient (Wildman–Crippen LogP) is 0.0507. The molecule has 0 atom stereocenters. The minimum absolute atomic E-state index is 0.000942. The third-order valence-corrected chi connectivity index (χ3v) is 2.53. The largest absolute Gasteiger partial charge is 0.349 e. The van der Waals surface area contributed by atoms with E-state index in [1.807, 2.05) is 16.9 Å². The first kappa shape index (κ1) is 15.0. The van der Waals surface area contributed by atoms with Crippen LogP contribution in [0.25, 0.3) is 0 Å². The molecular weight excluding hydrogens is 246 g/mol. The highest BCUT2D eigenvalue weighted by Crippen LogP contribution is 1.88. The van der Waals surface area contributed by atoms with Crippen molar-refractivity contribution in [1.82, 2.24) is 25.3 Å². The Morgan fingerprint density at radius 3 is 2.63 bits per heavy atom. The Hall–Kier alpha value is -2.05. The van der Waals surface area contributed by atoms with Crippen LogP contribution in [0.2, 0.25) is 0 Å². The summed E-state index contributed by atoms with van der Waals surface area (Å²) >= 11 is 0. The molecule has 0 saturated carbocycles. The van der Waals surface area contributed by atoms with Gasteiger partial charge in [0.05, 0.1) is 0 Å². The number of aryl methyl sites for hydroxylation is 1. The topological polar surface area (TPSA) is 79.3 Å². The van der Waals surface area contributed by atoms with Gasteiger partial charge in [-0.05, 0) is 12.5 Å². The Morgan fingerprint density at radius 2 is 2.00 bits per heavy atom. The van der Waals surface area contributed by atoms with Crippen molar-refractivity contribution in [3.8, 4) is 0 Å². The van der Waals surface area contributed by atoms with Crippen molar-refractivity contribution in [2.45, 2.75) is 19.4 Å². The van der Waals surface area contributed by atoms with Gasteiger partial charge in [0.15, 0.2) is 0 Å². The highest BCUT2D eigenvalue weighted by Gasteiger charge is 2.04. The van der Waals surface area contributed by atoms with Gasteiger partial charge in [0.25, 0.3) is 0 Å². The Labute approximate surface area is 113 Å². The molecule has 1 heterocycles. The lowest BCUT2D eigenvalue weighted by Gasteiger charge is -2.11. The van der Waals surface area contributed by atoms with E-state index in [9.17, 15) is 9.59 Å². The zero-order valence-electron chi connectivity index (χ0n) is 11.4. The third kappa shape index (κ3) is 6.44. The zero-order chi connectivity index (χ0) is 14.1. The molecule has 0 saturated heterocycles. The zero-order valence-corrected chi connectivity index (χ0v) is 11.4. The number of rotatable bonds is 7. The van der Waals surface area contributed by atoms with Gasteiger partial charge in [-0.15, -0.1) is 0 Å². The minimum atomic E-state index is -0.243. The Bertz CT molecular complexity index is 389. The van der Waals surface area contributed by atoms with E-state index >= 15 is 0 Å². The Balaban J connectivity index is 2.00. The van der Waals surface area contributed by atoms with Crippen molar-refractivity contribution in [1.29, 1.82) is 0 Å². The molecule has 2 N–H and O–H groups in total. The van der Waals surface area contributed by atoms with Gasteiger partial charge in [-0.1, -0.05) is 0 Å². The number of nitrogens with one attached hydrogen (secondary N) is 2. The molecule has 1 aromatic heterocycles. The quantitative estimate of drug-likeness (QED) is 0.685. The standard InChI is InChI=1S/C12H21N5O2/c1-16(2)11(18)5-8-14-12(19)13-6-3-9-17-10-4-7-15-17/h4,7,10H,3,5-6,8-9H2,1-2H3,(H2,13,14,19). The molecule has 3 amide bonds. The number of carbonyl (C=O) groups excluding carboxylic acids is 2. The van der Waals surface area contributed by atoms with Crippen LogP contribution in [0.4, 0.5) is 4.79 Å². The highest BCUT2D eigenvalue weighted by atomic mass is 16.2. The molecule has 0 aliphatic carbocycles. The molecule has 0 radical (unpaired) electrons. The molecule has 19 heavy (non-hydrogen) atoms. The lowest BCUT2D eigenvalue weighted by molar-refractivity contribution is -0.128. The summed E-state index contributed by atoms with van der Waals surface area (Å²) in [6.45, 7) is 1.70. The number of carbonyl (C=O) groups is 2. The van der Waals surface area contributed by atoms with E-state index in [0.29, 0.717) is 19.5 Å². The summed E-state index contributed by atoms with van der Waals surface area (Å²) < 4.78 is 1.81. The van der Waals surface area contributed by atoms with Gasteiger partial charge in [-0.25, -0.2) is 4.79 Å². The Kier molecular flexibility index (Phi) is 6.42. The van der Waals surface area contributed by atoms with E-state index in [-0.39, 0.29) is 11.9 Å². The molecule has 7 heteroatoms. The third-order valence-electron chi connectivity index (χ3n) is 2.53. The highest BCUT2D eigenvalue weighted by molar-refractivity contribution is 5.77. The van der Waals surface area contributed by atoms with Crippen molar-refractivity contribution >= 4 is 11.9 Å². The van der Waals surface area contributed by atoms with Crippen LogP contribution in [0.3, 0.4) is 0 Å². The number of hydrogen-bond acceptors (Lipinski definition) is 3. The number of nitrogens with zero attached hydrogens (tertiary/aromatic N) is 3. The molecule has 0 bridgehead atoms. The first-order valence-electron chi connectivity index (χ1n) is 6.29. The Morgan fingerprint density at radius 1 is 1.26 bits per heavy atom. The molecule has 0 aliphatic heterocycles. The van der Waals surface area contributed by atoms with Crippen LogP contribution in [0.5, 0.6) is 0 Å². The van der Waals surface area contributed by atoms with Crippen LogP contribution < -0.4 is 10.6 Å². The maximum absolute atomic E-state index is 11.4. The number of urea groups is 1. The number of hydrogen-bond donors (Lipinski definition) is 2. The van der Waals surface area contributed by atoms with Crippen molar-refractivity contribution in [3.05, 3.63) is 18.5 Å². The first-order chi connectivity index (χ1) is 9.09. The SMILES string of the molecule is CN(C)C(=O)CCNC(=O)NCCCn1cccn1. The van der Waals surface area contributed by atoms with E-state index in [2.05, 4.69) is 15.7 Å². The normalized spacial score (nSPS) is 10.0. The van der Waals surface area contributed by atoms with E-state index in [1.54, 1.807) is 20.3 Å². The second-order valence-corrected chi connectivity index (χ2v) is 4.34. The molecule has 0 fully saturated rings. The summed E-state index contributed by atoms with van der Waals surface area (Å²) in [7, 11) is 3.38. The fourth-order valence-electron chi connectivity index (χ4n) is 1.44. The lowest BCUT2D eigenvalue weighted by atomic mass is 10.4. The second kappa shape index (κ2) is 8.12. The summed E-state index contributed by atoms with van der Waals surface area (Å²) in [6.07, 6.45) is 4.73. The van der Waals surface area contributed by atoms with Gasteiger partial charge in [-0.3, -0.25) is 9.48 Å². The van der Waals surface area contributed by atoms with E-state index in [4.69, 9.17) is 0 Å². The number of amides is 3. The van der Waals surface area contributed by atoms with Crippen molar-refractivity contribution in [2.24, 2.45) is 0 Å².